The lowest BCUT2D eigenvalue weighted by molar-refractivity contribution is 0.0697. The van der Waals surface area contributed by atoms with Crippen LogP contribution in [0.4, 0.5) is 11.4 Å². The molecule has 1 aliphatic rings. The maximum atomic E-state index is 13.2. The van der Waals surface area contributed by atoms with Gasteiger partial charge in [0.25, 0.3) is 0 Å². The minimum Gasteiger partial charge on any atom is -0.494 e. The van der Waals surface area contributed by atoms with Crippen LogP contribution in [0.2, 0.25) is 0 Å². The fraction of sp³-hybridized carbons (Fsp3) is 0.0870. The van der Waals surface area contributed by atoms with E-state index in [1.807, 2.05) is 6.92 Å². The lowest BCUT2D eigenvalue weighted by Gasteiger charge is -2.22. The molecule has 29 heavy (non-hydrogen) atoms. The third-order valence-electron chi connectivity index (χ3n) is 4.76. The Balaban J connectivity index is 1.86. The van der Waals surface area contributed by atoms with Crippen LogP contribution >= 0.6 is 0 Å². The van der Waals surface area contributed by atoms with Crippen molar-refractivity contribution in [3.63, 3.8) is 0 Å². The van der Waals surface area contributed by atoms with Crippen molar-refractivity contribution in [2.75, 3.05) is 11.9 Å². The van der Waals surface area contributed by atoms with E-state index >= 15 is 0 Å². The molecule has 0 atom stereocenters. The fourth-order valence-corrected chi connectivity index (χ4v) is 3.44. The fourth-order valence-electron chi connectivity index (χ4n) is 3.44. The predicted molar refractivity (Wildman–Crippen MR) is 108 cm³/mol. The third-order valence-corrected chi connectivity index (χ3v) is 4.76. The van der Waals surface area contributed by atoms with Crippen LogP contribution in [0.15, 0.2) is 60.7 Å². The van der Waals surface area contributed by atoms with Gasteiger partial charge in [-0.05, 0) is 43.3 Å². The van der Waals surface area contributed by atoms with E-state index in [0.29, 0.717) is 23.6 Å². The second kappa shape index (κ2) is 7.24. The molecule has 0 spiro atoms. The highest BCUT2D eigenvalue weighted by Gasteiger charge is 2.33. The highest BCUT2D eigenvalue weighted by Crippen LogP contribution is 2.36. The van der Waals surface area contributed by atoms with Gasteiger partial charge in [-0.3, -0.25) is 9.59 Å². The maximum absolute atomic E-state index is 13.2. The van der Waals surface area contributed by atoms with Gasteiger partial charge in [-0.1, -0.05) is 24.3 Å². The molecule has 4 rings (SSSR count). The number of rotatable bonds is 5. The highest BCUT2D eigenvalue weighted by atomic mass is 16.5. The number of nitrogens with one attached hydrogen (secondary N) is 1. The first kappa shape index (κ1) is 18.4. The molecule has 0 fully saturated rings. The zero-order valence-corrected chi connectivity index (χ0v) is 15.6. The SMILES string of the molecule is CCOc1ccc(Nc2c(C(=O)O)ccc3c2C(=O)c2ccccc2C3=O)cc1. The number of carboxylic acids is 1. The van der Waals surface area contributed by atoms with Crippen molar-refractivity contribution < 1.29 is 24.2 Å². The topological polar surface area (TPSA) is 92.7 Å². The monoisotopic (exact) mass is 387 g/mol. The Bertz CT molecular complexity index is 1150. The van der Waals surface area contributed by atoms with E-state index < -0.39 is 5.97 Å². The number of anilines is 2. The van der Waals surface area contributed by atoms with Crippen molar-refractivity contribution >= 4 is 28.9 Å². The number of hydrogen-bond acceptors (Lipinski definition) is 5. The van der Waals surface area contributed by atoms with Crippen LogP contribution < -0.4 is 10.1 Å². The summed E-state index contributed by atoms with van der Waals surface area (Å²) in [5, 5.41) is 12.7. The zero-order chi connectivity index (χ0) is 20.5. The molecule has 1 aliphatic carbocycles. The molecule has 0 radical (unpaired) electrons. The van der Waals surface area contributed by atoms with Crippen molar-refractivity contribution in [2.24, 2.45) is 0 Å². The first-order valence-corrected chi connectivity index (χ1v) is 9.10. The van der Waals surface area contributed by atoms with Crippen molar-refractivity contribution in [3.05, 3.63) is 88.5 Å². The van der Waals surface area contributed by atoms with E-state index in [9.17, 15) is 19.5 Å². The second-order valence-corrected chi connectivity index (χ2v) is 6.50. The lowest BCUT2D eigenvalue weighted by Crippen LogP contribution is -2.23. The standard InChI is InChI=1S/C23H17NO5/c1-2-29-14-9-7-13(8-10-14)24-20-18(23(27)28)12-11-17-19(20)22(26)16-6-4-3-5-15(16)21(17)25/h3-12,24H,2H2,1H3,(H,27,28). The molecular weight excluding hydrogens is 370 g/mol. The molecule has 0 saturated heterocycles. The first-order valence-electron chi connectivity index (χ1n) is 9.10. The summed E-state index contributed by atoms with van der Waals surface area (Å²) in [6, 6.07) is 16.2. The number of ether oxygens (including phenoxy) is 1. The van der Waals surface area contributed by atoms with Crippen LogP contribution in [0.1, 0.15) is 49.1 Å². The molecule has 6 heteroatoms. The van der Waals surface area contributed by atoms with Gasteiger partial charge >= 0.3 is 5.97 Å². The molecule has 144 valence electrons. The molecule has 3 aromatic rings. The van der Waals surface area contributed by atoms with Gasteiger partial charge < -0.3 is 15.2 Å². The Labute approximate surface area is 166 Å². The number of aromatic carboxylic acids is 1. The Kier molecular flexibility index (Phi) is 4.60. The molecule has 6 nitrogen and oxygen atoms in total. The largest absolute Gasteiger partial charge is 0.494 e. The van der Waals surface area contributed by atoms with Crippen LogP contribution in [-0.4, -0.2) is 29.2 Å². The smallest absolute Gasteiger partial charge is 0.337 e. The van der Waals surface area contributed by atoms with Gasteiger partial charge in [0, 0.05) is 22.4 Å². The van der Waals surface area contributed by atoms with Gasteiger partial charge in [-0.15, -0.1) is 0 Å². The summed E-state index contributed by atoms with van der Waals surface area (Å²) in [6.45, 7) is 2.40. The van der Waals surface area contributed by atoms with Gasteiger partial charge in [0.15, 0.2) is 11.6 Å². The second-order valence-electron chi connectivity index (χ2n) is 6.50. The Morgan fingerprint density at radius 2 is 1.55 bits per heavy atom. The van der Waals surface area contributed by atoms with E-state index in [1.54, 1.807) is 48.5 Å². The van der Waals surface area contributed by atoms with Gasteiger partial charge in [0.2, 0.25) is 0 Å². The molecule has 3 aromatic carbocycles. The van der Waals surface area contributed by atoms with Gasteiger partial charge in [0.05, 0.1) is 23.4 Å². The number of hydrogen-bond donors (Lipinski definition) is 2. The van der Waals surface area contributed by atoms with Crippen LogP contribution in [0, 0.1) is 0 Å². The van der Waals surface area contributed by atoms with Crippen molar-refractivity contribution in [3.8, 4) is 5.75 Å². The number of carbonyl (C=O) groups excluding carboxylic acids is 2. The van der Waals surface area contributed by atoms with Crippen LogP contribution in [-0.2, 0) is 0 Å². The lowest BCUT2D eigenvalue weighted by atomic mass is 9.82. The van der Waals surface area contributed by atoms with E-state index in [2.05, 4.69) is 5.32 Å². The van der Waals surface area contributed by atoms with E-state index in [4.69, 9.17) is 4.74 Å². The van der Waals surface area contributed by atoms with Gasteiger partial charge in [-0.2, -0.15) is 0 Å². The average Bonchev–Trinajstić information content (AvgIpc) is 2.73. The molecule has 0 saturated carbocycles. The van der Waals surface area contributed by atoms with Crippen LogP contribution in [0.3, 0.4) is 0 Å². The van der Waals surface area contributed by atoms with Gasteiger partial charge in [-0.25, -0.2) is 4.79 Å². The summed E-state index contributed by atoms with van der Waals surface area (Å²) in [5.41, 5.74) is 1.44. The molecule has 0 heterocycles. The van der Waals surface area contributed by atoms with Crippen molar-refractivity contribution in [1.82, 2.24) is 0 Å². The van der Waals surface area contributed by atoms with E-state index in [0.717, 1.165) is 0 Å². The summed E-state index contributed by atoms with van der Waals surface area (Å²) >= 11 is 0. The molecule has 0 unspecified atom stereocenters. The molecule has 0 aromatic heterocycles. The van der Waals surface area contributed by atoms with E-state index in [-0.39, 0.29) is 39.5 Å². The molecule has 0 bridgehead atoms. The molecule has 0 amide bonds. The number of carbonyl (C=O) groups is 3. The maximum Gasteiger partial charge on any atom is 0.337 e. The highest BCUT2D eigenvalue weighted by molar-refractivity contribution is 6.31. The van der Waals surface area contributed by atoms with Gasteiger partial charge in [0.1, 0.15) is 5.75 Å². The summed E-state index contributed by atoms with van der Waals surface area (Å²) in [7, 11) is 0. The van der Waals surface area contributed by atoms with E-state index in [1.165, 1.54) is 12.1 Å². The Morgan fingerprint density at radius 3 is 2.17 bits per heavy atom. The summed E-state index contributed by atoms with van der Waals surface area (Å²) in [6.07, 6.45) is 0. The molecular formula is C23H17NO5. The first-order chi connectivity index (χ1) is 14.0. The summed E-state index contributed by atoms with van der Waals surface area (Å²) in [5.74, 6) is -1.21. The number of ketones is 2. The summed E-state index contributed by atoms with van der Waals surface area (Å²) < 4.78 is 5.41. The van der Waals surface area contributed by atoms with Crippen molar-refractivity contribution in [1.29, 1.82) is 0 Å². The number of benzene rings is 3. The van der Waals surface area contributed by atoms with Crippen molar-refractivity contribution in [2.45, 2.75) is 6.92 Å². The minimum absolute atomic E-state index is 0.0717. The van der Waals surface area contributed by atoms with Crippen LogP contribution in [0.5, 0.6) is 5.75 Å². The third kappa shape index (κ3) is 3.14. The zero-order valence-electron chi connectivity index (χ0n) is 15.6. The van der Waals surface area contributed by atoms with Crippen LogP contribution in [0.25, 0.3) is 0 Å². The quantitative estimate of drug-likeness (QED) is 0.530. The number of fused-ring (bicyclic) bond motifs is 2. The summed E-state index contributed by atoms with van der Waals surface area (Å²) in [4.78, 5) is 37.9. The normalized spacial score (nSPS) is 12.2. The molecule has 2 N–H and O–H groups in total. The Morgan fingerprint density at radius 1 is 0.897 bits per heavy atom. The average molecular weight is 387 g/mol. The molecule has 0 aliphatic heterocycles. The Hall–Kier alpha value is -3.93. The minimum atomic E-state index is -1.19. The predicted octanol–water partition coefficient (Wildman–Crippen LogP) is 4.30. The number of carboxylic acid groups (broad SMARTS) is 1.